The standard InChI is InChI=1S/C10H27NSi2/c1-4-7-11(8-5-2)13-10-6-9-12-3/h4-10,12-13H2,1-3H3. The summed E-state index contributed by atoms with van der Waals surface area (Å²) in [6, 6.07) is 3.15. The molecule has 80 valence electrons. The van der Waals surface area contributed by atoms with E-state index in [2.05, 4.69) is 25.0 Å². The zero-order valence-corrected chi connectivity index (χ0v) is 12.6. The van der Waals surface area contributed by atoms with Crippen LogP contribution in [0.15, 0.2) is 0 Å². The van der Waals surface area contributed by atoms with E-state index in [0.29, 0.717) is 9.52 Å². The van der Waals surface area contributed by atoms with Gasteiger partial charge in [-0.1, -0.05) is 38.9 Å². The Labute approximate surface area is 89.0 Å². The molecule has 0 aliphatic rings. The Bertz CT molecular complexity index is 92.9. The summed E-state index contributed by atoms with van der Waals surface area (Å²) in [5.41, 5.74) is 0. The van der Waals surface area contributed by atoms with Gasteiger partial charge in [-0.05, 0) is 25.9 Å². The van der Waals surface area contributed by atoms with Gasteiger partial charge in [0.2, 0.25) is 0 Å². The number of hydrogen-bond donors (Lipinski definition) is 0. The van der Waals surface area contributed by atoms with Crippen molar-refractivity contribution in [3.8, 4) is 0 Å². The highest BCUT2D eigenvalue weighted by atomic mass is 28.2. The molecule has 0 aromatic rings. The van der Waals surface area contributed by atoms with Gasteiger partial charge in [-0.15, -0.1) is 0 Å². The van der Waals surface area contributed by atoms with Crippen LogP contribution in [-0.2, 0) is 0 Å². The summed E-state index contributed by atoms with van der Waals surface area (Å²) in [7, 11) is 0.488. The summed E-state index contributed by atoms with van der Waals surface area (Å²) in [6.45, 7) is 9.76. The van der Waals surface area contributed by atoms with E-state index >= 15 is 0 Å². The molecule has 0 saturated heterocycles. The van der Waals surface area contributed by atoms with E-state index in [4.69, 9.17) is 0 Å². The van der Waals surface area contributed by atoms with Gasteiger partial charge in [0.05, 0.1) is 9.68 Å². The minimum Gasteiger partial charge on any atom is -0.329 e. The summed E-state index contributed by atoms with van der Waals surface area (Å²) < 4.78 is 2.76. The van der Waals surface area contributed by atoms with Crippen molar-refractivity contribution in [3.63, 3.8) is 0 Å². The summed E-state index contributed by atoms with van der Waals surface area (Å²) in [5.74, 6) is 0. The highest BCUT2D eigenvalue weighted by Gasteiger charge is 2.01. The maximum absolute atomic E-state index is 2.76. The van der Waals surface area contributed by atoms with Crippen LogP contribution in [0.4, 0.5) is 0 Å². The number of rotatable bonds is 9. The molecule has 13 heavy (non-hydrogen) atoms. The van der Waals surface area contributed by atoms with E-state index in [1.165, 1.54) is 25.9 Å². The summed E-state index contributed by atoms with van der Waals surface area (Å²) in [6.07, 6.45) is 4.23. The Kier molecular flexibility index (Phi) is 10.8. The van der Waals surface area contributed by atoms with Crippen LogP contribution >= 0.6 is 0 Å². The van der Waals surface area contributed by atoms with Gasteiger partial charge in [0.25, 0.3) is 0 Å². The van der Waals surface area contributed by atoms with E-state index in [1.807, 2.05) is 0 Å². The number of hydrogen-bond acceptors (Lipinski definition) is 1. The Balaban J connectivity index is 3.33. The minimum absolute atomic E-state index is 0.139. The molecule has 0 amide bonds. The molecule has 0 spiro atoms. The van der Waals surface area contributed by atoms with Gasteiger partial charge in [0.1, 0.15) is 0 Å². The van der Waals surface area contributed by atoms with Gasteiger partial charge in [0, 0.05) is 9.52 Å². The minimum atomic E-state index is 0.139. The van der Waals surface area contributed by atoms with Crippen LogP contribution in [-0.4, -0.2) is 36.9 Å². The molecule has 0 heterocycles. The fraction of sp³-hybridized carbons (Fsp3) is 1.00. The summed E-state index contributed by atoms with van der Waals surface area (Å²) in [5, 5.41) is 0. The molecule has 0 rings (SSSR count). The van der Waals surface area contributed by atoms with Crippen molar-refractivity contribution in [1.29, 1.82) is 0 Å². The Morgan fingerprint density at radius 2 is 1.62 bits per heavy atom. The second-order valence-corrected chi connectivity index (χ2v) is 7.66. The van der Waals surface area contributed by atoms with Crippen LogP contribution in [0.2, 0.25) is 18.6 Å². The molecule has 0 aliphatic heterocycles. The fourth-order valence-corrected chi connectivity index (χ4v) is 5.39. The van der Waals surface area contributed by atoms with Crippen LogP contribution in [0.3, 0.4) is 0 Å². The van der Waals surface area contributed by atoms with E-state index in [-0.39, 0.29) is 9.68 Å². The normalized spacial score (nSPS) is 12.9. The molecule has 0 saturated carbocycles. The quantitative estimate of drug-likeness (QED) is 0.419. The first kappa shape index (κ1) is 13.4. The monoisotopic (exact) mass is 217 g/mol. The first-order valence-corrected chi connectivity index (χ1v) is 10.1. The van der Waals surface area contributed by atoms with Crippen molar-refractivity contribution in [3.05, 3.63) is 0 Å². The maximum atomic E-state index is 2.76. The van der Waals surface area contributed by atoms with Crippen molar-refractivity contribution < 1.29 is 0 Å². The molecule has 0 aromatic heterocycles. The van der Waals surface area contributed by atoms with Crippen molar-refractivity contribution in [1.82, 2.24) is 4.57 Å². The number of nitrogens with zero attached hydrogens (tertiary/aromatic N) is 1. The average Bonchev–Trinajstić information content (AvgIpc) is 2.13. The predicted molar refractivity (Wildman–Crippen MR) is 69.3 cm³/mol. The second kappa shape index (κ2) is 10.5. The largest absolute Gasteiger partial charge is 0.329 e. The predicted octanol–water partition coefficient (Wildman–Crippen LogP) is 1.64. The van der Waals surface area contributed by atoms with E-state index in [0.717, 1.165) is 0 Å². The Morgan fingerprint density at radius 3 is 2.08 bits per heavy atom. The van der Waals surface area contributed by atoms with E-state index in [9.17, 15) is 0 Å². The molecular formula is C10H27NSi2. The molecule has 0 radical (unpaired) electrons. The highest BCUT2D eigenvalue weighted by molar-refractivity contribution is 6.34. The average molecular weight is 218 g/mol. The van der Waals surface area contributed by atoms with Crippen LogP contribution in [0.25, 0.3) is 0 Å². The first-order valence-electron chi connectivity index (χ1n) is 6.07. The molecule has 1 nitrogen and oxygen atoms in total. The topological polar surface area (TPSA) is 3.24 Å². The van der Waals surface area contributed by atoms with Crippen LogP contribution in [0.5, 0.6) is 0 Å². The Hall–Kier alpha value is 0.394. The van der Waals surface area contributed by atoms with Crippen molar-refractivity contribution >= 4 is 19.2 Å². The van der Waals surface area contributed by atoms with Crippen LogP contribution < -0.4 is 0 Å². The van der Waals surface area contributed by atoms with E-state index in [1.54, 1.807) is 18.5 Å². The van der Waals surface area contributed by atoms with Crippen molar-refractivity contribution in [2.24, 2.45) is 0 Å². The van der Waals surface area contributed by atoms with Gasteiger partial charge in [-0.25, -0.2) is 0 Å². The lowest BCUT2D eigenvalue weighted by Gasteiger charge is -2.20. The zero-order valence-electron chi connectivity index (χ0n) is 9.81. The summed E-state index contributed by atoms with van der Waals surface area (Å²) >= 11 is 0. The molecule has 0 fully saturated rings. The van der Waals surface area contributed by atoms with Crippen LogP contribution in [0, 0.1) is 0 Å². The lowest BCUT2D eigenvalue weighted by Crippen LogP contribution is -2.29. The molecule has 0 bridgehead atoms. The zero-order chi connectivity index (χ0) is 9.94. The third kappa shape index (κ3) is 8.72. The first-order chi connectivity index (χ1) is 6.35. The molecule has 0 N–H and O–H groups in total. The smallest absolute Gasteiger partial charge is 0.0950 e. The molecule has 0 unspecified atom stereocenters. The van der Waals surface area contributed by atoms with Gasteiger partial charge >= 0.3 is 0 Å². The summed E-state index contributed by atoms with van der Waals surface area (Å²) in [4.78, 5) is 0. The van der Waals surface area contributed by atoms with Gasteiger partial charge < -0.3 is 4.57 Å². The maximum Gasteiger partial charge on any atom is 0.0950 e. The fourth-order valence-electron chi connectivity index (χ4n) is 1.73. The van der Waals surface area contributed by atoms with Crippen molar-refractivity contribution in [2.45, 2.75) is 51.7 Å². The van der Waals surface area contributed by atoms with E-state index < -0.39 is 0 Å². The Morgan fingerprint density at radius 1 is 1.00 bits per heavy atom. The molecule has 0 aliphatic carbocycles. The van der Waals surface area contributed by atoms with Gasteiger partial charge in [0.15, 0.2) is 0 Å². The van der Waals surface area contributed by atoms with Crippen LogP contribution in [0.1, 0.15) is 33.1 Å². The lowest BCUT2D eigenvalue weighted by molar-refractivity contribution is 0.439. The third-order valence-electron chi connectivity index (χ3n) is 2.41. The van der Waals surface area contributed by atoms with Crippen molar-refractivity contribution in [2.75, 3.05) is 13.1 Å². The second-order valence-electron chi connectivity index (χ2n) is 3.90. The third-order valence-corrected chi connectivity index (χ3v) is 5.70. The molecule has 3 heteroatoms. The molecular weight excluding hydrogens is 190 g/mol. The lowest BCUT2D eigenvalue weighted by atomic mass is 10.4. The van der Waals surface area contributed by atoms with Gasteiger partial charge in [-0.3, -0.25) is 0 Å². The molecule has 0 atom stereocenters. The van der Waals surface area contributed by atoms with Gasteiger partial charge in [-0.2, -0.15) is 0 Å². The molecule has 0 aromatic carbocycles. The SMILES string of the molecule is CCCN(CCC)[SiH2]CCC[SiH2]C. The highest BCUT2D eigenvalue weighted by Crippen LogP contribution is 2.00.